The first-order valence-electron chi connectivity index (χ1n) is 8.06. The zero-order valence-corrected chi connectivity index (χ0v) is 15.0. The molecule has 0 aliphatic carbocycles. The van der Waals surface area contributed by atoms with Crippen LogP contribution in [0, 0.1) is 17.2 Å². The summed E-state index contributed by atoms with van der Waals surface area (Å²) in [4.78, 5) is 0. The van der Waals surface area contributed by atoms with E-state index in [4.69, 9.17) is 10.00 Å². The summed E-state index contributed by atoms with van der Waals surface area (Å²) in [5, 5.41) is 15.7. The molecule has 1 aliphatic rings. The number of benzene rings is 2. The highest BCUT2D eigenvalue weighted by molar-refractivity contribution is 9.10. The Bertz CT molecular complexity index is 738. The maximum absolute atomic E-state index is 8.90. The van der Waals surface area contributed by atoms with Gasteiger partial charge in [-0.3, -0.25) is 0 Å². The van der Waals surface area contributed by atoms with Gasteiger partial charge in [0.2, 0.25) is 0 Å². The van der Waals surface area contributed by atoms with Gasteiger partial charge in [-0.25, -0.2) is 0 Å². The molecular formula is C19H20BrN3O. The van der Waals surface area contributed by atoms with Gasteiger partial charge in [0.15, 0.2) is 0 Å². The Morgan fingerprint density at radius 2 is 2.12 bits per heavy atom. The minimum atomic E-state index is 0.469. The zero-order chi connectivity index (χ0) is 16.8. The molecule has 1 heterocycles. The fourth-order valence-electron chi connectivity index (χ4n) is 2.55. The quantitative estimate of drug-likeness (QED) is 0.768. The van der Waals surface area contributed by atoms with E-state index in [2.05, 4.69) is 44.8 Å². The Labute approximate surface area is 151 Å². The first-order valence-corrected chi connectivity index (χ1v) is 8.85. The summed E-state index contributed by atoms with van der Waals surface area (Å²) in [6.45, 7) is 4.62. The van der Waals surface area contributed by atoms with Crippen LogP contribution in [0.25, 0.3) is 0 Å². The molecular weight excluding hydrogens is 366 g/mol. The third-order valence-electron chi connectivity index (χ3n) is 4.10. The first kappa shape index (κ1) is 17.0. The predicted molar refractivity (Wildman–Crippen MR) is 97.7 cm³/mol. The van der Waals surface area contributed by atoms with Crippen molar-refractivity contribution in [2.75, 3.05) is 19.6 Å². The van der Waals surface area contributed by atoms with E-state index in [0.29, 0.717) is 12.2 Å². The molecule has 4 nitrogen and oxygen atoms in total. The van der Waals surface area contributed by atoms with E-state index in [1.807, 2.05) is 24.3 Å². The summed E-state index contributed by atoms with van der Waals surface area (Å²) >= 11 is 3.49. The summed E-state index contributed by atoms with van der Waals surface area (Å²) in [6.07, 6.45) is 0. The van der Waals surface area contributed by atoms with Crippen LogP contribution in [0.3, 0.4) is 0 Å². The molecule has 5 heteroatoms. The van der Waals surface area contributed by atoms with E-state index in [1.54, 1.807) is 6.07 Å². The molecule has 0 unspecified atom stereocenters. The molecule has 0 bridgehead atoms. The number of hydrogen-bond donors (Lipinski definition) is 2. The van der Waals surface area contributed by atoms with Crippen LogP contribution < -0.4 is 15.4 Å². The third kappa shape index (κ3) is 4.57. The average Bonchev–Trinajstić information content (AvgIpc) is 2.56. The molecule has 0 amide bonds. The van der Waals surface area contributed by atoms with Crippen LogP contribution in [0.4, 0.5) is 0 Å². The minimum Gasteiger partial charge on any atom is -0.489 e. The molecule has 3 rings (SSSR count). The van der Waals surface area contributed by atoms with Gasteiger partial charge >= 0.3 is 0 Å². The van der Waals surface area contributed by atoms with Gasteiger partial charge < -0.3 is 15.4 Å². The Morgan fingerprint density at radius 1 is 1.25 bits per heavy atom. The number of rotatable bonds is 7. The second-order valence-electron chi connectivity index (χ2n) is 6.01. The van der Waals surface area contributed by atoms with E-state index < -0.39 is 0 Å². The Balaban J connectivity index is 1.53. The van der Waals surface area contributed by atoms with Gasteiger partial charge in [-0.05, 0) is 35.7 Å². The Morgan fingerprint density at radius 3 is 2.83 bits per heavy atom. The second-order valence-corrected chi connectivity index (χ2v) is 6.86. The molecule has 124 valence electrons. The van der Waals surface area contributed by atoms with Crippen molar-refractivity contribution < 1.29 is 4.74 Å². The molecule has 0 radical (unpaired) electrons. The first-order chi connectivity index (χ1) is 11.7. The molecule has 2 N–H and O–H groups in total. The summed E-state index contributed by atoms with van der Waals surface area (Å²) in [7, 11) is 0. The number of hydrogen-bond acceptors (Lipinski definition) is 4. The van der Waals surface area contributed by atoms with E-state index in [0.717, 1.165) is 47.9 Å². The molecule has 2 aromatic rings. The predicted octanol–water partition coefficient (Wildman–Crippen LogP) is 3.21. The van der Waals surface area contributed by atoms with Crippen LogP contribution >= 0.6 is 15.9 Å². The van der Waals surface area contributed by atoms with Crippen LogP contribution in [0.15, 0.2) is 46.9 Å². The van der Waals surface area contributed by atoms with Crippen molar-refractivity contribution in [3.05, 3.63) is 63.6 Å². The van der Waals surface area contributed by atoms with Crippen molar-refractivity contribution in [2.24, 2.45) is 5.92 Å². The SMILES string of the molecule is N#Cc1ccc(COc2cccc(CNCC3CNC3)c2)c(Br)c1. The highest BCUT2D eigenvalue weighted by atomic mass is 79.9. The minimum absolute atomic E-state index is 0.469. The lowest BCUT2D eigenvalue weighted by molar-refractivity contribution is 0.305. The largest absolute Gasteiger partial charge is 0.489 e. The molecule has 1 fully saturated rings. The van der Waals surface area contributed by atoms with Crippen molar-refractivity contribution in [2.45, 2.75) is 13.2 Å². The van der Waals surface area contributed by atoms with Crippen LogP contribution in [0.5, 0.6) is 5.75 Å². The maximum Gasteiger partial charge on any atom is 0.120 e. The van der Waals surface area contributed by atoms with E-state index in [1.165, 1.54) is 5.56 Å². The maximum atomic E-state index is 8.90. The molecule has 1 aliphatic heterocycles. The number of ether oxygens (including phenoxy) is 1. The normalized spacial score (nSPS) is 14.0. The molecule has 2 aromatic carbocycles. The summed E-state index contributed by atoms with van der Waals surface area (Å²) in [5.74, 6) is 1.62. The van der Waals surface area contributed by atoms with Gasteiger partial charge in [0.05, 0.1) is 11.6 Å². The van der Waals surface area contributed by atoms with Crippen molar-refractivity contribution in [3.8, 4) is 11.8 Å². The van der Waals surface area contributed by atoms with Gasteiger partial charge in [0.1, 0.15) is 12.4 Å². The van der Waals surface area contributed by atoms with E-state index in [9.17, 15) is 0 Å². The van der Waals surface area contributed by atoms with Gasteiger partial charge in [0.25, 0.3) is 0 Å². The van der Waals surface area contributed by atoms with Crippen molar-refractivity contribution in [1.29, 1.82) is 5.26 Å². The topological polar surface area (TPSA) is 57.1 Å². The van der Waals surface area contributed by atoms with Crippen LogP contribution in [0.2, 0.25) is 0 Å². The van der Waals surface area contributed by atoms with Gasteiger partial charge in [-0.15, -0.1) is 0 Å². The van der Waals surface area contributed by atoms with Crippen LogP contribution in [-0.2, 0) is 13.2 Å². The molecule has 0 aromatic heterocycles. The number of halogens is 1. The van der Waals surface area contributed by atoms with Crippen LogP contribution in [0.1, 0.15) is 16.7 Å². The zero-order valence-electron chi connectivity index (χ0n) is 13.4. The third-order valence-corrected chi connectivity index (χ3v) is 4.84. The number of nitrogens with zero attached hydrogens (tertiary/aromatic N) is 1. The van der Waals surface area contributed by atoms with Crippen molar-refractivity contribution in [3.63, 3.8) is 0 Å². The molecule has 0 saturated carbocycles. The van der Waals surface area contributed by atoms with Crippen molar-refractivity contribution >= 4 is 15.9 Å². The second kappa shape index (κ2) is 8.29. The summed E-state index contributed by atoms with van der Waals surface area (Å²) in [6, 6.07) is 15.8. The fraction of sp³-hybridized carbons (Fsp3) is 0.316. The van der Waals surface area contributed by atoms with Gasteiger partial charge in [-0.1, -0.05) is 34.1 Å². The molecule has 0 atom stereocenters. The summed E-state index contributed by atoms with van der Waals surface area (Å²) < 4.78 is 6.79. The Hall–Kier alpha value is -1.87. The fourth-order valence-corrected chi connectivity index (χ4v) is 3.05. The number of nitriles is 1. The van der Waals surface area contributed by atoms with Crippen molar-refractivity contribution in [1.82, 2.24) is 10.6 Å². The smallest absolute Gasteiger partial charge is 0.120 e. The lowest BCUT2D eigenvalue weighted by atomic mass is 10.0. The van der Waals surface area contributed by atoms with Gasteiger partial charge in [-0.2, -0.15) is 5.26 Å². The number of nitrogens with one attached hydrogen (secondary N) is 2. The van der Waals surface area contributed by atoms with Crippen LogP contribution in [-0.4, -0.2) is 19.6 Å². The monoisotopic (exact) mass is 385 g/mol. The lowest BCUT2D eigenvalue weighted by Gasteiger charge is -2.27. The van der Waals surface area contributed by atoms with Gasteiger partial charge in [0, 0.05) is 36.2 Å². The van der Waals surface area contributed by atoms with E-state index >= 15 is 0 Å². The Kier molecular flexibility index (Phi) is 5.86. The molecule has 0 spiro atoms. The summed E-state index contributed by atoms with van der Waals surface area (Å²) in [5.41, 5.74) is 2.88. The molecule has 1 saturated heterocycles. The lowest BCUT2D eigenvalue weighted by Crippen LogP contribution is -2.47. The highest BCUT2D eigenvalue weighted by Crippen LogP contribution is 2.21. The molecule has 24 heavy (non-hydrogen) atoms. The average molecular weight is 386 g/mol. The highest BCUT2D eigenvalue weighted by Gasteiger charge is 2.15. The standard InChI is InChI=1S/C19H20BrN3O/c20-19-7-14(8-21)4-5-17(19)13-24-18-3-1-2-15(6-18)9-22-10-16-11-23-12-16/h1-7,16,22-23H,9-13H2. The van der Waals surface area contributed by atoms with E-state index in [-0.39, 0.29) is 0 Å².